The van der Waals surface area contributed by atoms with Gasteiger partial charge in [0.25, 0.3) is 0 Å². The highest BCUT2D eigenvalue weighted by atomic mass is 16.4. The van der Waals surface area contributed by atoms with Gasteiger partial charge >= 0.3 is 5.97 Å². The lowest BCUT2D eigenvalue weighted by molar-refractivity contribution is -0.136. The molecule has 0 aliphatic carbocycles. The third-order valence-electron chi connectivity index (χ3n) is 2.64. The van der Waals surface area contributed by atoms with Crippen LogP contribution >= 0.6 is 0 Å². The van der Waals surface area contributed by atoms with Crippen molar-refractivity contribution in [1.82, 2.24) is 4.57 Å². The highest BCUT2D eigenvalue weighted by Crippen LogP contribution is 2.29. The Kier molecular flexibility index (Phi) is 2.56. The van der Waals surface area contributed by atoms with Gasteiger partial charge in [-0.2, -0.15) is 0 Å². The third-order valence-corrected chi connectivity index (χ3v) is 2.64. The maximum absolute atomic E-state index is 10.7. The first-order valence-electron chi connectivity index (χ1n) is 5.15. The largest absolute Gasteiger partial charge is 0.506 e. The van der Waals surface area contributed by atoms with Crippen LogP contribution < -0.4 is 0 Å². The van der Waals surface area contributed by atoms with Crippen molar-refractivity contribution in [1.29, 1.82) is 0 Å². The molecule has 2 aromatic rings. The summed E-state index contributed by atoms with van der Waals surface area (Å²) in [5, 5.41) is 19.4. The summed E-state index contributed by atoms with van der Waals surface area (Å²) < 4.78 is 1.86. The predicted octanol–water partition coefficient (Wildman–Crippen LogP) is 1.99. The summed E-state index contributed by atoms with van der Waals surface area (Å²) in [6.45, 7) is 2.66. The SMILES string of the molecule is CCn1cc(CC(=O)O)c2cccc(O)c21. The quantitative estimate of drug-likeness (QED) is 0.829. The first kappa shape index (κ1) is 10.5. The normalized spacial score (nSPS) is 10.8. The van der Waals surface area contributed by atoms with E-state index in [9.17, 15) is 9.90 Å². The highest BCUT2D eigenvalue weighted by molar-refractivity contribution is 5.91. The first-order valence-corrected chi connectivity index (χ1v) is 5.15. The Labute approximate surface area is 92.7 Å². The molecule has 0 bridgehead atoms. The molecule has 0 atom stereocenters. The van der Waals surface area contributed by atoms with Gasteiger partial charge in [0.1, 0.15) is 5.75 Å². The number of rotatable bonds is 3. The number of carboxylic acid groups (broad SMARTS) is 1. The number of carboxylic acids is 1. The van der Waals surface area contributed by atoms with Gasteiger partial charge in [0, 0.05) is 18.1 Å². The van der Waals surface area contributed by atoms with Crippen LogP contribution in [0.4, 0.5) is 0 Å². The molecule has 4 heteroatoms. The molecule has 0 amide bonds. The number of nitrogens with zero attached hydrogens (tertiary/aromatic N) is 1. The molecular weight excluding hydrogens is 206 g/mol. The Morgan fingerprint density at radius 1 is 1.44 bits per heavy atom. The molecule has 1 aromatic heterocycles. The lowest BCUT2D eigenvalue weighted by Crippen LogP contribution is -1.99. The topological polar surface area (TPSA) is 62.5 Å². The number of para-hydroxylation sites is 1. The summed E-state index contributed by atoms with van der Waals surface area (Å²) in [6.07, 6.45) is 1.77. The minimum Gasteiger partial charge on any atom is -0.506 e. The van der Waals surface area contributed by atoms with E-state index in [-0.39, 0.29) is 12.2 Å². The summed E-state index contributed by atoms with van der Waals surface area (Å²) in [6, 6.07) is 5.17. The molecule has 1 aromatic carbocycles. The number of aryl methyl sites for hydroxylation is 1. The van der Waals surface area contributed by atoms with E-state index in [2.05, 4.69) is 0 Å². The minimum absolute atomic E-state index is 0.0209. The summed E-state index contributed by atoms with van der Waals surface area (Å²) in [5.74, 6) is -0.672. The number of fused-ring (bicyclic) bond motifs is 1. The maximum Gasteiger partial charge on any atom is 0.307 e. The first-order chi connectivity index (χ1) is 7.63. The smallest absolute Gasteiger partial charge is 0.307 e. The second-order valence-electron chi connectivity index (χ2n) is 3.68. The van der Waals surface area contributed by atoms with E-state index in [1.807, 2.05) is 17.6 Å². The number of hydrogen-bond acceptors (Lipinski definition) is 2. The molecule has 16 heavy (non-hydrogen) atoms. The fraction of sp³-hybridized carbons (Fsp3) is 0.250. The van der Waals surface area contributed by atoms with Crippen molar-refractivity contribution in [2.45, 2.75) is 19.9 Å². The maximum atomic E-state index is 10.7. The molecule has 0 aliphatic heterocycles. The number of carbonyl (C=O) groups is 1. The van der Waals surface area contributed by atoms with Crippen LogP contribution in [0.3, 0.4) is 0 Å². The molecule has 0 spiro atoms. The van der Waals surface area contributed by atoms with Crippen LogP contribution in [-0.4, -0.2) is 20.7 Å². The summed E-state index contributed by atoms with van der Waals surface area (Å²) >= 11 is 0. The Balaban J connectivity index is 2.68. The molecule has 0 unspecified atom stereocenters. The molecule has 2 rings (SSSR count). The van der Waals surface area contributed by atoms with Gasteiger partial charge in [0.15, 0.2) is 0 Å². The van der Waals surface area contributed by atoms with E-state index in [0.29, 0.717) is 12.1 Å². The second-order valence-corrected chi connectivity index (χ2v) is 3.68. The van der Waals surface area contributed by atoms with Crippen LogP contribution in [0.15, 0.2) is 24.4 Å². The van der Waals surface area contributed by atoms with Crippen LogP contribution in [0.25, 0.3) is 10.9 Å². The van der Waals surface area contributed by atoms with Crippen molar-refractivity contribution >= 4 is 16.9 Å². The van der Waals surface area contributed by atoms with Crippen molar-refractivity contribution < 1.29 is 15.0 Å². The molecule has 0 saturated heterocycles. The van der Waals surface area contributed by atoms with Gasteiger partial charge in [-0.15, -0.1) is 0 Å². The summed E-state index contributed by atoms with van der Waals surface area (Å²) in [4.78, 5) is 10.7. The predicted molar refractivity (Wildman–Crippen MR) is 60.6 cm³/mol. The summed E-state index contributed by atoms with van der Waals surface area (Å²) in [7, 11) is 0. The van der Waals surface area contributed by atoms with E-state index >= 15 is 0 Å². The van der Waals surface area contributed by atoms with Crippen molar-refractivity contribution in [3.63, 3.8) is 0 Å². The lowest BCUT2D eigenvalue weighted by atomic mass is 10.1. The second kappa shape index (κ2) is 3.89. The van der Waals surface area contributed by atoms with Crippen molar-refractivity contribution in [2.75, 3.05) is 0 Å². The number of aromatic nitrogens is 1. The molecule has 0 saturated carbocycles. The lowest BCUT2D eigenvalue weighted by Gasteiger charge is -2.01. The molecule has 0 aliphatic rings. The average Bonchev–Trinajstić information content (AvgIpc) is 2.57. The van der Waals surface area contributed by atoms with E-state index in [0.717, 1.165) is 10.9 Å². The number of hydrogen-bond donors (Lipinski definition) is 2. The zero-order chi connectivity index (χ0) is 11.7. The van der Waals surface area contributed by atoms with Gasteiger partial charge in [-0.25, -0.2) is 0 Å². The fourth-order valence-electron chi connectivity index (χ4n) is 1.97. The summed E-state index contributed by atoms with van der Waals surface area (Å²) in [5.41, 5.74) is 1.45. The van der Waals surface area contributed by atoms with Gasteiger partial charge in [0.05, 0.1) is 11.9 Å². The Hall–Kier alpha value is -1.97. The minimum atomic E-state index is -0.863. The molecule has 0 radical (unpaired) electrons. The Morgan fingerprint density at radius 3 is 2.81 bits per heavy atom. The molecule has 2 N–H and O–H groups in total. The van der Waals surface area contributed by atoms with Crippen LogP contribution in [0.1, 0.15) is 12.5 Å². The van der Waals surface area contributed by atoms with E-state index in [1.165, 1.54) is 0 Å². The molecule has 84 valence electrons. The van der Waals surface area contributed by atoms with Gasteiger partial charge in [-0.05, 0) is 18.6 Å². The number of aliphatic carboxylic acids is 1. The number of phenols is 1. The standard InChI is InChI=1S/C12H13NO3/c1-2-13-7-8(6-11(15)16)9-4-3-5-10(14)12(9)13/h3-5,7,14H,2,6H2,1H3,(H,15,16). The monoisotopic (exact) mass is 219 g/mol. The fourth-order valence-corrected chi connectivity index (χ4v) is 1.97. The van der Waals surface area contributed by atoms with Crippen molar-refractivity contribution in [3.8, 4) is 5.75 Å². The van der Waals surface area contributed by atoms with Crippen LogP contribution in [-0.2, 0) is 17.8 Å². The highest BCUT2D eigenvalue weighted by Gasteiger charge is 2.12. The number of phenolic OH excluding ortho intramolecular Hbond substituents is 1. The van der Waals surface area contributed by atoms with Crippen LogP contribution in [0.5, 0.6) is 5.75 Å². The Morgan fingerprint density at radius 2 is 2.19 bits per heavy atom. The zero-order valence-corrected chi connectivity index (χ0v) is 8.97. The van der Waals surface area contributed by atoms with Crippen molar-refractivity contribution in [2.24, 2.45) is 0 Å². The third kappa shape index (κ3) is 1.62. The van der Waals surface area contributed by atoms with Gasteiger partial charge < -0.3 is 14.8 Å². The van der Waals surface area contributed by atoms with Crippen LogP contribution in [0, 0.1) is 0 Å². The van der Waals surface area contributed by atoms with E-state index < -0.39 is 5.97 Å². The zero-order valence-electron chi connectivity index (χ0n) is 8.97. The number of benzene rings is 1. The molecule has 4 nitrogen and oxygen atoms in total. The average molecular weight is 219 g/mol. The Bertz CT molecular complexity index is 542. The van der Waals surface area contributed by atoms with E-state index in [1.54, 1.807) is 18.3 Å². The molecular formula is C12H13NO3. The molecule has 0 fully saturated rings. The van der Waals surface area contributed by atoms with Crippen molar-refractivity contribution in [3.05, 3.63) is 30.0 Å². The van der Waals surface area contributed by atoms with Gasteiger partial charge in [-0.3, -0.25) is 4.79 Å². The van der Waals surface area contributed by atoms with E-state index in [4.69, 9.17) is 5.11 Å². The van der Waals surface area contributed by atoms with Gasteiger partial charge in [0.2, 0.25) is 0 Å². The van der Waals surface area contributed by atoms with Gasteiger partial charge in [-0.1, -0.05) is 12.1 Å². The van der Waals surface area contributed by atoms with Crippen LogP contribution in [0.2, 0.25) is 0 Å². The molecule has 1 heterocycles. The number of aromatic hydroxyl groups is 1.